The molecule has 0 bridgehead atoms. The minimum absolute atomic E-state index is 0.219. The number of para-hydroxylation sites is 1. The van der Waals surface area contributed by atoms with Gasteiger partial charge in [0.2, 0.25) is 0 Å². The van der Waals surface area contributed by atoms with Crippen LogP contribution in [0.5, 0.6) is 11.5 Å². The van der Waals surface area contributed by atoms with Crippen molar-refractivity contribution in [3.05, 3.63) is 90.0 Å². The number of rotatable bonds is 10. The summed E-state index contributed by atoms with van der Waals surface area (Å²) in [7, 11) is 0. The van der Waals surface area contributed by atoms with Crippen LogP contribution in [0.4, 0.5) is 5.69 Å². The first-order valence-electron chi connectivity index (χ1n) is 10.8. The first-order valence-corrected chi connectivity index (χ1v) is 11.2. The van der Waals surface area contributed by atoms with Crippen LogP contribution in [0.3, 0.4) is 0 Å². The van der Waals surface area contributed by atoms with Crippen LogP contribution in [0, 0.1) is 0 Å². The molecule has 2 N–H and O–H groups in total. The minimum Gasteiger partial charge on any atom is -0.494 e. The van der Waals surface area contributed by atoms with Gasteiger partial charge in [0.05, 0.1) is 18.8 Å². The first kappa shape index (κ1) is 23.3. The largest absolute Gasteiger partial charge is 0.494 e. The summed E-state index contributed by atoms with van der Waals surface area (Å²) in [6, 6.07) is 25.0. The summed E-state index contributed by atoms with van der Waals surface area (Å²) in [6.07, 6.45) is 2.80. The van der Waals surface area contributed by atoms with Crippen molar-refractivity contribution < 1.29 is 14.3 Å². The van der Waals surface area contributed by atoms with Crippen LogP contribution < -0.4 is 20.1 Å². The highest BCUT2D eigenvalue weighted by molar-refractivity contribution is 7.80. The molecule has 3 aromatic carbocycles. The second kappa shape index (κ2) is 12.5. The molecule has 1 amide bonds. The van der Waals surface area contributed by atoms with Crippen LogP contribution in [0.1, 0.15) is 35.7 Å². The molecule has 0 unspecified atom stereocenters. The topological polar surface area (TPSA) is 59.6 Å². The van der Waals surface area contributed by atoms with Crippen LogP contribution in [0.25, 0.3) is 0 Å². The van der Waals surface area contributed by atoms with Crippen molar-refractivity contribution in [1.29, 1.82) is 0 Å². The molecule has 0 aliphatic heterocycles. The molecule has 6 heteroatoms. The van der Waals surface area contributed by atoms with E-state index in [0.29, 0.717) is 24.5 Å². The maximum Gasteiger partial charge on any atom is 0.261 e. The van der Waals surface area contributed by atoms with E-state index in [1.54, 1.807) is 18.2 Å². The van der Waals surface area contributed by atoms with Gasteiger partial charge < -0.3 is 14.8 Å². The van der Waals surface area contributed by atoms with E-state index in [9.17, 15) is 4.79 Å². The zero-order valence-corrected chi connectivity index (χ0v) is 19.0. The van der Waals surface area contributed by atoms with E-state index in [1.807, 2.05) is 55.5 Å². The van der Waals surface area contributed by atoms with Gasteiger partial charge in [-0.15, -0.1) is 0 Å². The highest BCUT2D eigenvalue weighted by Crippen LogP contribution is 2.19. The molecule has 0 aliphatic rings. The molecule has 0 fully saturated rings. The summed E-state index contributed by atoms with van der Waals surface area (Å²) in [5.74, 6) is 1.02. The van der Waals surface area contributed by atoms with E-state index in [1.165, 1.54) is 5.56 Å². The first-order chi connectivity index (χ1) is 15.7. The van der Waals surface area contributed by atoms with Crippen LogP contribution >= 0.6 is 12.2 Å². The van der Waals surface area contributed by atoms with E-state index >= 15 is 0 Å². The van der Waals surface area contributed by atoms with Crippen molar-refractivity contribution in [2.75, 3.05) is 18.5 Å². The molecule has 0 spiro atoms. The fraction of sp³-hybridized carbons (Fsp3) is 0.231. The lowest BCUT2D eigenvalue weighted by Gasteiger charge is -2.13. The number of nitrogens with one attached hydrogen (secondary N) is 2. The summed E-state index contributed by atoms with van der Waals surface area (Å²) >= 11 is 5.29. The molecule has 3 rings (SSSR count). The van der Waals surface area contributed by atoms with Gasteiger partial charge in [0.15, 0.2) is 5.11 Å². The van der Waals surface area contributed by atoms with Gasteiger partial charge >= 0.3 is 0 Å². The molecular weight excluding hydrogens is 420 g/mol. The van der Waals surface area contributed by atoms with Gasteiger partial charge in [-0.3, -0.25) is 10.1 Å². The standard InChI is InChI=1S/C26H28N2O3S/c1-2-18-31-24-13-7-6-12-23(24)25(29)28-26(32)27-21-14-16-22(17-15-21)30-19-8-11-20-9-4-3-5-10-20/h3-7,9-10,12-17H,2,8,11,18-19H2,1H3,(H2,27,28,29,32). The summed E-state index contributed by atoms with van der Waals surface area (Å²) in [6.45, 7) is 3.21. The number of benzene rings is 3. The van der Waals surface area contributed by atoms with E-state index in [-0.39, 0.29) is 11.0 Å². The fourth-order valence-corrected chi connectivity index (χ4v) is 3.28. The van der Waals surface area contributed by atoms with Gasteiger partial charge in [0.25, 0.3) is 5.91 Å². The Morgan fingerprint density at radius 3 is 2.34 bits per heavy atom. The maximum atomic E-state index is 12.6. The van der Waals surface area contributed by atoms with Crippen LogP contribution in [-0.2, 0) is 6.42 Å². The molecule has 0 radical (unpaired) electrons. The number of aryl methyl sites for hydroxylation is 1. The summed E-state index contributed by atoms with van der Waals surface area (Å²) in [4.78, 5) is 12.6. The zero-order valence-electron chi connectivity index (χ0n) is 18.2. The van der Waals surface area contributed by atoms with Gasteiger partial charge in [-0.25, -0.2) is 0 Å². The zero-order chi connectivity index (χ0) is 22.6. The van der Waals surface area contributed by atoms with Crippen molar-refractivity contribution in [2.45, 2.75) is 26.2 Å². The van der Waals surface area contributed by atoms with E-state index in [2.05, 4.69) is 22.8 Å². The Morgan fingerprint density at radius 1 is 0.875 bits per heavy atom. The predicted octanol–water partition coefficient (Wildman–Crippen LogP) is 5.61. The van der Waals surface area contributed by atoms with E-state index in [4.69, 9.17) is 21.7 Å². The molecule has 3 aromatic rings. The van der Waals surface area contributed by atoms with Gasteiger partial charge in [0, 0.05) is 5.69 Å². The molecule has 5 nitrogen and oxygen atoms in total. The average Bonchev–Trinajstić information content (AvgIpc) is 2.82. The van der Waals surface area contributed by atoms with Crippen molar-refractivity contribution >= 4 is 28.9 Å². The number of ether oxygens (including phenoxy) is 2. The predicted molar refractivity (Wildman–Crippen MR) is 133 cm³/mol. The van der Waals surface area contributed by atoms with E-state index < -0.39 is 0 Å². The van der Waals surface area contributed by atoms with Crippen molar-refractivity contribution in [2.24, 2.45) is 0 Å². The van der Waals surface area contributed by atoms with Gasteiger partial charge in [0.1, 0.15) is 11.5 Å². The smallest absolute Gasteiger partial charge is 0.261 e. The van der Waals surface area contributed by atoms with E-state index in [0.717, 1.165) is 30.7 Å². The molecule has 32 heavy (non-hydrogen) atoms. The molecule has 0 saturated carbocycles. The summed E-state index contributed by atoms with van der Waals surface area (Å²) in [5, 5.41) is 5.95. The second-order valence-electron chi connectivity index (χ2n) is 7.21. The number of carbonyl (C=O) groups is 1. The Balaban J connectivity index is 1.45. The normalized spacial score (nSPS) is 10.3. The fourth-order valence-electron chi connectivity index (χ4n) is 3.07. The third kappa shape index (κ3) is 7.39. The highest BCUT2D eigenvalue weighted by Gasteiger charge is 2.13. The molecule has 0 aromatic heterocycles. The Kier molecular flexibility index (Phi) is 9.07. The molecule has 0 saturated heterocycles. The van der Waals surface area contributed by atoms with Gasteiger partial charge in [-0.2, -0.15) is 0 Å². The van der Waals surface area contributed by atoms with Gasteiger partial charge in [-0.1, -0.05) is 49.4 Å². The number of thiocarbonyl (C=S) groups is 1. The highest BCUT2D eigenvalue weighted by atomic mass is 32.1. The molecule has 166 valence electrons. The van der Waals surface area contributed by atoms with Crippen LogP contribution in [0.2, 0.25) is 0 Å². The number of hydrogen-bond donors (Lipinski definition) is 2. The Hall–Kier alpha value is -3.38. The lowest BCUT2D eigenvalue weighted by molar-refractivity contribution is 0.0973. The molecule has 0 aliphatic carbocycles. The number of anilines is 1. The Bertz CT molecular complexity index is 1010. The SMILES string of the molecule is CCCOc1ccccc1C(=O)NC(=S)Nc1ccc(OCCCc2ccccc2)cc1. The summed E-state index contributed by atoms with van der Waals surface area (Å²) in [5.41, 5.74) is 2.53. The monoisotopic (exact) mass is 448 g/mol. The lowest BCUT2D eigenvalue weighted by atomic mass is 10.1. The van der Waals surface area contributed by atoms with Crippen molar-refractivity contribution in [3.8, 4) is 11.5 Å². The quantitative estimate of drug-likeness (QED) is 0.312. The Labute approximate surface area is 194 Å². The lowest BCUT2D eigenvalue weighted by Crippen LogP contribution is -2.34. The molecular formula is C26H28N2O3S. The number of amides is 1. The van der Waals surface area contributed by atoms with Crippen LogP contribution in [0.15, 0.2) is 78.9 Å². The average molecular weight is 449 g/mol. The maximum absolute atomic E-state index is 12.6. The molecule has 0 atom stereocenters. The molecule has 0 heterocycles. The van der Waals surface area contributed by atoms with Crippen molar-refractivity contribution in [1.82, 2.24) is 5.32 Å². The minimum atomic E-state index is -0.312. The Morgan fingerprint density at radius 2 is 1.59 bits per heavy atom. The van der Waals surface area contributed by atoms with Crippen molar-refractivity contribution in [3.63, 3.8) is 0 Å². The number of carbonyl (C=O) groups excluding carboxylic acids is 1. The third-order valence-electron chi connectivity index (χ3n) is 4.65. The second-order valence-corrected chi connectivity index (χ2v) is 7.62. The third-order valence-corrected chi connectivity index (χ3v) is 4.86. The summed E-state index contributed by atoms with van der Waals surface area (Å²) < 4.78 is 11.5. The van der Waals surface area contributed by atoms with Gasteiger partial charge in [-0.05, 0) is 73.4 Å². The number of hydrogen-bond acceptors (Lipinski definition) is 4. The van der Waals surface area contributed by atoms with Crippen LogP contribution in [-0.4, -0.2) is 24.2 Å².